The first-order valence-corrected chi connectivity index (χ1v) is 9.25. The van der Waals surface area contributed by atoms with E-state index in [1.807, 2.05) is 41.8 Å². The summed E-state index contributed by atoms with van der Waals surface area (Å²) in [7, 11) is 0. The minimum absolute atomic E-state index is 0.234. The summed E-state index contributed by atoms with van der Waals surface area (Å²) < 4.78 is 2.95. The van der Waals surface area contributed by atoms with Gasteiger partial charge in [-0.05, 0) is 35.2 Å². The summed E-state index contributed by atoms with van der Waals surface area (Å²) in [5.74, 6) is 0.366. The minimum atomic E-state index is -0.546. The summed E-state index contributed by atoms with van der Waals surface area (Å²) in [6, 6.07) is 14.7. The molecule has 2 aromatic rings. The van der Waals surface area contributed by atoms with E-state index < -0.39 is 5.69 Å². The molecule has 130 valence electrons. The van der Waals surface area contributed by atoms with Crippen LogP contribution in [-0.2, 0) is 13.1 Å². The highest BCUT2D eigenvalue weighted by atomic mass is 35.5. The van der Waals surface area contributed by atoms with Crippen LogP contribution in [0.4, 0.5) is 0 Å². The molecule has 0 amide bonds. The highest BCUT2D eigenvalue weighted by molar-refractivity contribution is 7.09. The summed E-state index contributed by atoms with van der Waals surface area (Å²) in [6.07, 6.45) is 1.79. The molecule has 4 rings (SSSR count). The molecular weight excluding hydrogens is 370 g/mol. The average Bonchev–Trinajstić information content (AvgIpc) is 3.14. The molecular formula is C19H14ClN3O2S. The Labute approximate surface area is 158 Å². The zero-order chi connectivity index (χ0) is 18.1. The predicted molar refractivity (Wildman–Crippen MR) is 103 cm³/mol. The minimum Gasteiger partial charge on any atom is -0.328 e. The number of nitrogens with zero attached hydrogens (tertiary/aromatic N) is 3. The normalized spacial score (nSPS) is 11.1. The first-order chi connectivity index (χ1) is 12.6. The molecule has 0 saturated carbocycles. The van der Waals surface area contributed by atoms with E-state index in [0.29, 0.717) is 23.0 Å². The van der Waals surface area contributed by atoms with Gasteiger partial charge in [0, 0.05) is 16.1 Å². The van der Waals surface area contributed by atoms with Crippen molar-refractivity contribution >= 4 is 22.9 Å². The van der Waals surface area contributed by atoms with Crippen LogP contribution in [0.15, 0.2) is 69.7 Å². The first-order valence-electron chi connectivity index (χ1n) is 7.99. The Morgan fingerprint density at radius 1 is 1.00 bits per heavy atom. The number of benzene rings is 1. The Morgan fingerprint density at radius 2 is 1.85 bits per heavy atom. The molecule has 0 radical (unpaired) electrons. The van der Waals surface area contributed by atoms with Crippen LogP contribution in [-0.4, -0.2) is 14.1 Å². The van der Waals surface area contributed by atoms with Gasteiger partial charge in [0.2, 0.25) is 0 Å². The highest BCUT2D eigenvalue weighted by Crippen LogP contribution is 2.20. The standard InChI is InChI=1S/C19H14ClN3O2S/c20-16-8-2-1-5-13(16)11-22-9-3-7-15-17(22)21-19(25)23(18(15)24)12-14-6-4-10-26-14/h1-10H,11-12H2. The third kappa shape index (κ3) is 3.09. The van der Waals surface area contributed by atoms with Crippen molar-refractivity contribution in [2.75, 3.05) is 0 Å². The van der Waals surface area contributed by atoms with E-state index in [0.717, 1.165) is 10.4 Å². The number of pyridine rings is 1. The van der Waals surface area contributed by atoms with E-state index in [1.54, 1.807) is 22.9 Å². The van der Waals surface area contributed by atoms with Gasteiger partial charge in [-0.25, -0.2) is 4.79 Å². The zero-order valence-corrected chi connectivity index (χ0v) is 15.2. The number of aromatic nitrogens is 3. The summed E-state index contributed by atoms with van der Waals surface area (Å²) in [6.45, 7) is 0.662. The van der Waals surface area contributed by atoms with Crippen molar-refractivity contribution in [1.82, 2.24) is 14.1 Å². The maximum absolute atomic E-state index is 12.8. The number of hydrogen-bond acceptors (Lipinski definition) is 4. The van der Waals surface area contributed by atoms with Crippen LogP contribution in [0.1, 0.15) is 10.4 Å². The predicted octanol–water partition coefficient (Wildman–Crippen LogP) is 3.32. The molecule has 1 aromatic carbocycles. The molecule has 5 nitrogen and oxygen atoms in total. The van der Waals surface area contributed by atoms with Gasteiger partial charge in [0.15, 0.2) is 5.82 Å². The van der Waals surface area contributed by atoms with Crippen molar-refractivity contribution in [2.24, 2.45) is 0 Å². The maximum Gasteiger partial charge on any atom is 0.352 e. The van der Waals surface area contributed by atoms with Gasteiger partial charge in [-0.15, -0.1) is 11.3 Å². The molecule has 26 heavy (non-hydrogen) atoms. The number of thiophene rings is 1. The topological polar surface area (TPSA) is 56.9 Å². The third-order valence-corrected chi connectivity index (χ3v) is 5.37. The Bertz CT molecular complexity index is 1150. The number of fused-ring (bicyclic) bond motifs is 1. The van der Waals surface area contributed by atoms with E-state index in [4.69, 9.17) is 11.6 Å². The van der Waals surface area contributed by atoms with Crippen LogP contribution in [0.5, 0.6) is 0 Å². The lowest BCUT2D eigenvalue weighted by molar-refractivity contribution is 0.684. The fraction of sp³-hybridized carbons (Fsp3) is 0.105. The van der Waals surface area contributed by atoms with E-state index >= 15 is 0 Å². The van der Waals surface area contributed by atoms with Gasteiger partial charge in [-0.2, -0.15) is 4.98 Å². The van der Waals surface area contributed by atoms with Gasteiger partial charge in [0.1, 0.15) is 0 Å². The van der Waals surface area contributed by atoms with E-state index in [2.05, 4.69) is 4.98 Å². The summed E-state index contributed by atoms with van der Waals surface area (Å²) >= 11 is 7.73. The van der Waals surface area contributed by atoms with Crippen LogP contribution in [0.25, 0.3) is 11.4 Å². The second-order valence-corrected chi connectivity index (χ2v) is 7.27. The molecule has 1 aromatic heterocycles. The summed E-state index contributed by atoms with van der Waals surface area (Å²) in [4.78, 5) is 30.4. The molecule has 2 aliphatic heterocycles. The molecule has 2 aliphatic rings. The Morgan fingerprint density at radius 3 is 2.62 bits per heavy atom. The Kier molecular flexibility index (Phi) is 4.44. The van der Waals surface area contributed by atoms with Gasteiger partial charge in [-0.3, -0.25) is 9.36 Å². The zero-order valence-electron chi connectivity index (χ0n) is 13.6. The first kappa shape index (κ1) is 16.8. The van der Waals surface area contributed by atoms with Crippen molar-refractivity contribution in [1.29, 1.82) is 0 Å². The monoisotopic (exact) mass is 383 g/mol. The summed E-state index contributed by atoms with van der Waals surface area (Å²) in [5, 5.41) is 2.54. The number of rotatable bonds is 4. The molecule has 0 aliphatic carbocycles. The van der Waals surface area contributed by atoms with Crippen molar-refractivity contribution < 1.29 is 0 Å². The quantitative estimate of drug-likeness (QED) is 0.543. The molecule has 7 heteroatoms. The summed E-state index contributed by atoms with van der Waals surface area (Å²) in [5.41, 5.74) is 0.427. The molecule has 0 bridgehead atoms. The fourth-order valence-electron chi connectivity index (χ4n) is 2.85. The SMILES string of the molecule is O=c1nc2n(Cc3ccccc3Cl)cccc-2c(=O)n1Cc1cccs1. The van der Waals surface area contributed by atoms with E-state index in [9.17, 15) is 9.59 Å². The van der Waals surface area contributed by atoms with Crippen molar-refractivity contribution in [3.63, 3.8) is 0 Å². The lowest BCUT2D eigenvalue weighted by Gasteiger charge is -2.15. The van der Waals surface area contributed by atoms with Gasteiger partial charge >= 0.3 is 5.69 Å². The Balaban J connectivity index is 1.81. The van der Waals surface area contributed by atoms with E-state index in [1.165, 1.54) is 15.9 Å². The third-order valence-electron chi connectivity index (χ3n) is 4.14. The molecule has 0 spiro atoms. The smallest absolute Gasteiger partial charge is 0.328 e. The highest BCUT2D eigenvalue weighted by Gasteiger charge is 2.17. The maximum atomic E-state index is 12.8. The molecule has 0 atom stereocenters. The van der Waals surface area contributed by atoms with Gasteiger partial charge < -0.3 is 4.57 Å². The van der Waals surface area contributed by atoms with Crippen LogP contribution in [0.2, 0.25) is 5.02 Å². The van der Waals surface area contributed by atoms with Crippen LogP contribution < -0.4 is 11.2 Å². The Hall–Kier alpha value is -2.70. The van der Waals surface area contributed by atoms with Crippen molar-refractivity contribution in [2.45, 2.75) is 13.1 Å². The van der Waals surface area contributed by atoms with Crippen molar-refractivity contribution in [3.8, 4) is 11.4 Å². The van der Waals surface area contributed by atoms with E-state index in [-0.39, 0.29) is 12.1 Å². The molecule has 0 saturated heterocycles. The lowest BCUT2D eigenvalue weighted by atomic mass is 10.2. The van der Waals surface area contributed by atoms with Gasteiger partial charge in [0.25, 0.3) is 5.56 Å². The molecule has 3 heterocycles. The van der Waals surface area contributed by atoms with Crippen LogP contribution in [0.3, 0.4) is 0 Å². The number of halogens is 1. The average molecular weight is 384 g/mol. The number of hydrogen-bond donors (Lipinski definition) is 0. The second kappa shape index (κ2) is 6.90. The van der Waals surface area contributed by atoms with Gasteiger partial charge in [0.05, 0.1) is 18.7 Å². The van der Waals surface area contributed by atoms with Crippen molar-refractivity contribution in [3.05, 3.63) is 96.4 Å². The molecule has 0 N–H and O–H groups in total. The molecule has 0 fully saturated rings. The molecule has 0 unspecified atom stereocenters. The second-order valence-electron chi connectivity index (χ2n) is 5.83. The largest absolute Gasteiger partial charge is 0.352 e. The van der Waals surface area contributed by atoms with Crippen LogP contribution >= 0.6 is 22.9 Å². The fourth-order valence-corrected chi connectivity index (χ4v) is 3.74. The van der Waals surface area contributed by atoms with Crippen LogP contribution in [0, 0.1) is 0 Å². The lowest BCUT2D eigenvalue weighted by Crippen LogP contribution is -2.38. The van der Waals surface area contributed by atoms with Gasteiger partial charge in [-0.1, -0.05) is 35.9 Å².